The van der Waals surface area contributed by atoms with E-state index >= 15 is 0 Å². The molecular weight excluding hydrogens is 605 g/mol. The third kappa shape index (κ3) is 8.09. The van der Waals surface area contributed by atoms with E-state index in [0.717, 1.165) is 28.8 Å². The topological polar surface area (TPSA) is 102 Å². The summed E-state index contributed by atoms with van der Waals surface area (Å²) in [5.41, 5.74) is 3.81. The average molecular weight is 637 g/mol. The Balaban J connectivity index is 1.18. The molecule has 1 N–H and O–H groups in total. The van der Waals surface area contributed by atoms with Crippen molar-refractivity contribution in [2.45, 2.75) is 40.0 Å². The molecule has 3 aromatic carbocycles. The number of carbonyl (C=O) groups is 2. The van der Waals surface area contributed by atoms with Crippen LogP contribution in [0, 0.1) is 5.41 Å². The van der Waals surface area contributed by atoms with Crippen LogP contribution in [0.1, 0.15) is 31.9 Å². The van der Waals surface area contributed by atoms with Crippen molar-refractivity contribution < 1.29 is 27.5 Å². The number of nitrogens with zero attached hydrogens (tertiary/aromatic N) is 5. The minimum absolute atomic E-state index is 0.105. The number of para-hydroxylation sites is 1. The highest BCUT2D eigenvalue weighted by atomic mass is 32.2. The predicted octanol–water partition coefficient (Wildman–Crippen LogP) is 6.81. The van der Waals surface area contributed by atoms with Gasteiger partial charge in [-0.3, -0.25) is 9.69 Å². The van der Waals surface area contributed by atoms with Crippen LogP contribution in [0.4, 0.5) is 23.7 Å². The number of halogens is 3. The number of nitrogens with one attached hydrogen (secondary N) is 1. The van der Waals surface area contributed by atoms with Crippen molar-refractivity contribution in [1.82, 2.24) is 20.1 Å². The number of carbonyl (C=O) groups excluding carboxylic acids is 2. The highest BCUT2D eigenvalue weighted by Crippen LogP contribution is 2.30. The summed E-state index contributed by atoms with van der Waals surface area (Å²) >= 11 is 1.25. The van der Waals surface area contributed by atoms with Crippen LogP contribution in [0.15, 0.2) is 84.1 Å². The maximum absolute atomic E-state index is 12.8. The lowest BCUT2D eigenvalue weighted by molar-refractivity contribution is -0.274. The van der Waals surface area contributed by atoms with Gasteiger partial charge in [0.15, 0.2) is 11.0 Å². The Hall–Kier alpha value is -4.65. The van der Waals surface area contributed by atoms with Crippen molar-refractivity contribution in [2.24, 2.45) is 10.4 Å². The summed E-state index contributed by atoms with van der Waals surface area (Å²) in [6.45, 7) is 6.47. The number of urea groups is 1. The molecule has 13 heteroatoms. The molecule has 1 aliphatic heterocycles. The number of benzene rings is 3. The minimum atomic E-state index is -4.76. The first-order chi connectivity index (χ1) is 21.4. The molecule has 1 aromatic heterocycles. The molecule has 9 nitrogen and oxygen atoms in total. The fourth-order valence-corrected chi connectivity index (χ4v) is 5.72. The SMILES string of the molecule is CCc1ccccc1N1C(=O)CSC1=NC(=O)NCC(C)(C)Cc1ccc(-c2ncn(-c3ccc(OC(F)(F)F)cc3)n2)cc1. The second-order valence-corrected chi connectivity index (χ2v) is 12.1. The molecule has 4 aromatic rings. The molecular formula is C32H31F3N6O3S. The number of aromatic nitrogens is 3. The number of hydrogen-bond acceptors (Lipinski definition) is 6. The highest BCUT2D eigenvalue weighted by molar-refractivity contribution is 8.15. The second-order valence-electron chi connectivity index (χ2n) is 11.1. The van der Waals surface area contributed by atoms with Crippen LogP contribution in [-0.2, 0) is 17.6 Å². The van der Waals surface area contributed by atoms with Gasteiger partial charge in [0.2, 0.25) is 5.91 Å². The van der Waals surface area contributed by atoms with Gasteiger partial charge in [0, 0.05) is 12.1 Å². The Bertz CT molecular complexity index is 1700. The van der Waals surface area contributed by atoms with Crippen LogP contribution in [0.25, 0.3) is 17.1 Å². The summed E-state index contributed by atoms with van der Waals surface area (Å²) in [7, 11) is 0. The van der Waals surface area contributed by atoms with Gasteiger partial charge in [0.05, 0.1) is 17.1 Å². The molecule has 1 saturated heterocycles. The number of hydrogen-bond donors (Lipinski definition) is 1. The molecule has 234 valence electrons. The predicted molar refractivity (Wildman–Crippen MR) is 168 cm³/mol. The van der Waals surface area contributed by atoms with Gasteiger partial charge in [-0.2, -0.15) is 4.99 Å². The monoisotopic (exact) mass is 636 g/mol. The number of aliphatic imine (C=N–C) groups is 1. The molecule has 0 atom stereocenters. The molecule has 0 aliphatic carbocycles. The van der Waals surface area contributed by atoms with E-state index < -0.39 is 12.4 Å². The summed E-state index contributed by atoms with van der Waals surface area (Å²) in [5.74, 6) is 0.269. The zero-order chi connectivity index (χ0) is 32.2. The first kappa shape index (κ1) is 31.8. The van der Waals surface area contributed by atoms with Crippen molar-refractivity contribution in [2.75, 3.05) is 17.2 Å². The van der Waals surface area contributed by atoms with Gasteiger partial charge in [0.25, 0.3) is 0 Å². The molecule has 0 unspecified atom stereocenters. The molecule has 1 fully saturated rings. The van der Waals surface area contributed by atoms with Crippen LogP contribution in [0.3, 0.4) is 0 Å². The largest absolute Gasteiger partial charge is 0.573 e. The first-order valence-electron chi connectivity index (χ1n) is 14.2. The Kier molecular flexibility index (Phi) is 9.28. The number of amides is 3. The lowest BCUT2D eigenvalue weighted by Gasteiger charge is -2.25. The number of ether oxygens (including phenoxy) is 1. The van der Waals surface area contributed by atoms with E-state index in [-0.39, 0.29) is 22.8 Å². The summed E-state index contributed by atoms with van der Waals surface area (Å²) in [6, 6.07) is 20.2. The zero-order valence-corrected chi connectivity index (χ0v) is 25.7. The Morgan fingerprint density at radius 1 is 1.04 bits per heavy atom. The van der Waals surface area contributed by atoms with E-state index in [1.807, 2.05) is 69.3 Å². The lowest BCUT2D eigenvalue weighted by atomic mass is 9.85. The van der Waals surface area contributed by atoms with Gasteiger partial charge < -0.3 is 10.1 Å². The standard InChI is InChI=1S/C32H31F3N6O3S/c1-4-22-7-5-6-8-26(22)41-27(42)18-45-30(41)38-29(43)36-19-31(2,3)17-21-9-11-23(12-10-21)28-37-20-40(39-28)24-13-15-25(16-14-24)44-32(33,34)35/h5-16,20H,4,17-19H2,1-3H3,(H,36,43). The summed E-state index contributed by atoms with van der Waals surface area (Å²) in [5, 5.41) is 7.71. The van der Waals surface area contributed by atoms with Crippen molar-refractivity contribution in [3.8, 4) is 22.8 Å². The minimum Gasteiger partial charge on any atom is -0.406 e. The fourth-order valence-electron chi connectivity index (χ4n) is 4.86. The second kappa shape index (κ2) is 13.1. The normalized spacial score (nSPS) is 14.7. The maximum atomic E-state index is 12.8. The third-order valence-corrected chi connectivity index (χ3v) is 7.94. The van der Waals surface area contributed by atoms with Gasteiger partial charge in [-0.15, -0.1) is 18.3 Å². The summed E-state index contributed by atoms with van der Waals surface area (Å²) < 4.78 is 42.6. The van der Waals surface area contributed by atoms with Crippen molar-refractivity contribution in [1.29, 1.82) is 0 Å². The fraction of sp³-hybridized carbons (Fsp3) is 0.281. The van der Waals surface area contributed by atoms with Crippen LogP contribution in [0.5, 0.6) is 5.75 Å². The molecule has 0 spiro atoms. The molecule has 0 saturated carbocycles. The highest BCUT2D eigenvalue weighted by Gasteiger charge is 2.32. The molecule has 5 rings (SSSR count). The Morgan fingerprint density at radius 3 is 2.44 bits per heavy atom. The average Bonchev–Trinajstić information content (AvgIpc) is 3.63. The van der Waals surface area contributed by atoms with Crippen molar-refractivity contribution >= 4 is 34.6 Å². The van der Waals surface area contributed by atoms with E-state index in [1.165, 1.54) is 51.9 Å². The van der Waals surface area contributed by atoms with E-state index in [1.54, 1.807) is 0 Å². The number of thioether (sulfide) groups is 1. The van der Waals surface area contributed by atoms with E-state index in [0.29, 0.717) is 29.6 Å². The van der Waals surface area contributed by atoms with Crippen molar-refractivity contribution in [3.63, 3.8) is 0 Å². The molecule has 3 amide bonds. The number of alkyl halides is 3. The Morgan fingerprint density at radius 2 is 1.76 bits per heavy atom. The van der Waals surface area contributed by atoms with Gasteiger partial charge >= 0.3 is 12.4 Å². The maximum Gasteiger partial charge on any atom is 0.573 e. The quantitative estimate of drug-likeness (QED) is 0.217. The number of rotatable bonds is 9. The zero-order valence-electron chi connectivity index (χ0n) is 24.8. The molecule has 0 bridgehead atoms. The van der Waals surface area contributed by atoms with E-state index in [4.69, 9.17) is 0 Å². The summed E-state index contributed by atoms with van der Waals surface area (Å²) in [6.07, 6.45) is -1.85. The van der Waals surface area contributed by atoms with Crippen LogP contribution in [-0.4, -0.2) is 50.5 Å². The number of amidine groups is 1. The Labute approximate surface area is 262 Å². The number of anilines is 1. The smallest absolute Gasteiger partial charge is 0.406 e. The van der Waals surface area contributed by atoms with Gasteiger partial charge in [-0.05, 0) is 59.7 Å². The van der Waals surface area contributed by atoms with Crippen molar-refractivity contribution in [3.05, 3.63) is 90.3 Å². The lowest BCUT2D eigenvalue weighted by Crippen LogP contribution is -2.36. The van der Waals surface area contributed by atoms with Crippen LogP contribution < -0.4 is 15.0 Å². The van der Waals surface area contributed by atoms with Gasteiger partial charge in [-0.1, -0.05) is 75.0 Å². The van der Waals surface area contributed by atoms with E-state index in [2.05, 4.69) is 25.1 Å². The van der Waals surface area contributed by atoms with Crippen LogP contribution in [0.2, 0.25) is 0 Å². The number of aryl methyl sites for hydroxylation is 1. The first-order valence-corrected chi connectivity index (χ1v) is 15.2. The van der Waals surface area contributed by atoms with E-state index in [9.17, 15) is 22.8 Å². The van der Waals surface area contributed by atoms with Gasteiger partial charge in [0.1, 0.15) is 12.1 Å². The molecule has 45 heavy (non-hydrogen) atoms. The molecule has 0 radical (unpaired) electrons. The van der Waals surface area contributed by atoms with Crippen LogP contribution >= 0.6 is 11.8 Å². The molecule has 1 aliphatic rings. The molecule has 2 heterocycles. The third-order valence-electron chi connectivity index (χ3n) is 7.02. The summed E-state index contributed by atoms with van der Waals surface area (Å²) in [4.78, 5) is 35.5. The van der Waals surface area contributed by atoms with Gasteiger partial charge in [-0.25, -0.2) is 14.5 Å².